The Labute approximate surface area is 73.0 Å². The molecule has 0 aromatic carbocycles. The predicted molar refractivity (Wildman–Crippen MR) is 39.1 cm³/mol. The molecule has 0 saturated carbocycles. The van der Waals surface area contributed by atoms with E-state index in [1.165, 1.54) is 0 Å². The van der Waals surface area contributed by atoms with E-state index in [9.17, 15) is 19.5 Å². The van der Waals surface area contributed by atoms with Gasteiger partial charge in [0.15, 0.2) is 0 Å². The molecule has 0 aromatic heterocycles. The Bertz CT molecular complexity index is 302. The summed E-state index contributed by atoms with van der Waals surface area (Å²) in [6.07, 6.45) is 2.13. The lowest BCUT2D eigenvalue weighted by atomic mass is 10.3. The van der Waals surface area contributed by atoms with Crippen LogP contribution in [0.5, 0.6) is 0 Å². The number of allylic oxidation sites excluding steroid dienone is 1. The molecule has 0 saturated heterocycles. The third kappa shape index (κ3) is 5.19. The monoisotopic (exact) mass is 184 g/mol. The zero-order valence-electron chi connectivity index (χ0n) is 6.39. The van der Waals surface area contributed by atoms with Gasteiger partial charge in [0.25, 0.3) is 0 Å². The Morgan fingerprint density at radius 1 is 1.23 bits per heavy atom. The molecular formula is C7H6NO5-. The molecule has 0 spiro atoms. The molecule has 70 valence electrons. The lowest BCUT2D eigenvalue weighted by Crippen LogP contribution is -2.30. The van der Waals surface area contributed by atoms with Crippen molar-refractivity contribution in [2.24, 2.45) is 5.73 Å². The highest BCUT2D eigenvalue weighted by Crippen LogP contribution is 1.87. The van der Waals surface area contributed by atoms with Crippen molar-refractivity contribution in [3.8, 4) is 0 Å². The van der Waals surface area contributed by atoms with Gasteiger partial charge in [0.2, 0.25) is 5.78 Å². The number of carbonyl (C=O) groups excluding carboxylic acids is 2. The summed E-state index contributed by atoms with van der Waals surface area (Å²) < 4.78 is 0. The van der Waals surface area contributed by atoms with Gasteiger partial charge in [-0.3, -0.25) is 4.79 Å². The smallest absolute Gasteiger partial charge is 0.328 e. The maximum atomic E-state index is 10.4. The quantitative estimate of drug-likeness (QED) is 0.290. The Balaban J connectivity index is 4.42. The largest absolute Gasteiger partial charge is 0.541 e. The molecule has 0 heterocycles. The third-order valence-electron chi connectivity index (χ3n) is 0.917. The molecular weight excluding hydrogens is 178 g/mol. The number of rotatable bonds is 4. The minimum absolute atomic E-state index is 0.267. The van der Waals surface area contributed by atoms with Crippen molar-refractivity contribution in [2.75, 3.05) is 0 Å². The van der Waals surface area contributed by atoms with Crippen molar-refractivity contribution in [1.82, 2.24) is 0 Å². The van der Waals surface area contributed by atoms with E-state index in [-0.39, 0.29) is 5.70 Å². The van der Waals surface area contributed by atoms with Crippen molar-refractivity contribution < 1.29 is 24.6 Å². The summed E-state index contributed by atoms with van der Waals surface area (Å²) >= 11 is 0. The third-order valence-corrected chi connectivity index (χ3v) is 0.917. The van der Waals surface area contributed by atoms with E-state index in [4.69, 9.17) is 10.8 Å². The Hall–Kier alpha value is -2.11. The summed E-state index contributed by atoms with van der Waals surface area (Å²) in [5.74, 6) is -4.46. The highest BCUT2D eigenvalue weighted by atomic mass is 16.4. The molecule has 0 atom stereocenters. The molecule has 0 amide bonds. The van der Waals surface area contributed by atoms with Gasteiger partial charge in [0, 0.05) is 17.8 Å². The lowest BCUT2D eigenvalue weighted by molar-refractivity contribution is -0.299. The molecule has 13 heavy (non-hydrogen) atoms. The topological polar surface area (TPSA) is 121 Å². The number of hydrogen-bond donors (Lipinski definition) is 2. The van der Waals surface area contributed by atoms with Crippen LogP contribution in [-0.2, 0) is 14.4 Å². The maximum Gasteiger partial charge on any atom is 0.328 e. The zero-order chi connectivity index (χ0) is 10.4. The van der Waals surface area contributed by atoms with Gasteiger partial charge >= 0.3 is 5.97 Å². The number of hydrogen-bond acceptors (Lipinski definition) is 5. The van der Waals surface area contributed by atoms with Crippen LogP contribution in [-0.4, -0.2) is 22.8 Å². The Morgan fingerprint density at radius 2 is 1.77 bits per heavy atom. The van der Waals surface area contributed by atoms with Gasteiger partial charge in [-0.2, -0.15) is 0 Å². The summed E-state index contributed by atoms with van der Waals surface area (Å²) in [6, 6.07) is 0. The van der Waals surface area contributed by atoms with Gasteiger partial charge in [-0.15, -0.1) is 0 Å². The van der Waals surface area contributed by atoms with Gasteiger partial charge < -0.3 is 20.7 Å². The van der Waals surface area contributed by atoms with Gasteiger partial charge in [0.1, 0.15) is 5.97 Å². The SMILES string of the molecule is NC(/C=C/C(=O)O)=C/C(=O)C(=O)[O-]. The van der Waals surface area contributed by atoms with Crippen LogP contribution in [0.25, 0.3) is 0 Å². The minimum atomic E-state index is -1.90. The van der Waals surface area contributed by atoms with Gasteiger partial charge in [-0.1, -0.05) is 0 Å². The number of nitrogens with two attached hydrogens (primary N) is 1. The fourth-order valence-corrected chi connectivity index (χ4v) is 0.426. The molecule has 0 aliphatic rings. The second kappa shape index (κ2) is 4.70. The van der Waals surface area contributed by atoms with E-state index in [0.717, 1.165) is 6.08 Å². The second-order valence-corrected chi connectivity index (χ2v) is 1.97. The first-order valence-electron chi connectivity index (χ1n) is 3.07. The lowest BCUT2D eigenvalue weighted by Gasteiger charge is -1.94. The fraction of sp³-hybridized carbons (Fsp3) is 0. The summed E-state index contributed by atoms with van der Waals surface area (Å²) in [5.41, 5.74) is 4.79. The van der Waals surface area contributed by atoms with Crippen LogP contribution in [0.15, 0.2) is 23.9 Å². The fourth-order valence-electron chi connectivity index (χ4n) is 0.426. The maximum absolute atomic E-state index is 10.4. The van der Waals surface area contributed by atoms with Gasteiger partial charge in [-0.25, -0.2) is 4.79 Å². The molecule has 0 aliphatic carbocycles. The molecule has 0 aliphatic heterocycles. The average molecular weight is 184 g/mol. The Kier molecular flexibility index (Phi) is 3.94. The number of carboxylic acid groups (broad SMARTS) is 2. The molecule has 0 radical (unpaired) electrons. The van der Waals surface area contributed by atoms with Crippen LogP contribution in [0, 0.1) is 0 Å². The highest BCUT2D eigenvalue weighted by molar-refractivity contribution is 6.36. The summed E-state index contributed by atoms with van der Waals surface area (Å²) in [6.45, 7) is 0. The molecule has 6 heteroatoms. The number of aliphatic carboxylic acids is 2. The van der Waals surface area contributed by atoms with Crippen LogP contribution in [0.1, 0.15) is 0 Å². The van der Waals surface area contributed by atoms with Crippen LogP contribution in [0.3, 0.4) is 0 Å². The van der Waals surface area contributed by atoms with Crippen LogP contribution < -0.4 is 10.8 Å². The summed E-state index contributed by atoms with van der Waals surface area (Å²) in [4.78, 5) is 30.2. The van der Waals surface area contributed by atoms with Crippen LogP contribution >= 0.6 is 0 Å². The normalized spacial score (nSPS) is 11.5. The molecule has 0 bridgehead atoms. The van der Waals surface area contributed by atoms with E-state index in [1.807, 2.05) is 0 Å². The average Bonchev–Trinajstić information content (AvgIpc) is 2.00. The van der Waals surface area contributed by atoms with E-state index in [1.54, 1.807) is 0 Å². The van der Waals surface area contributed by atoms with Crippen LogP contribution in [0.2, 0.25) is 0 Å². The first kappa shape index (κ1) is 10.9. The molecule has 3 N–H and O–H groups in total. The standard InChI is InChI=1S/C7H7NO5/c8-4(1-2-6(10)11)3-5(9)7(12)13/h1-3H,8H2,(H,10,11)(H,12,13)/p-1/b2-1+,4-3+. The number of ketones is 1. The molecule has 0 rings (SSSR count). The molecule has 6 nitrogen and oxygen atoms in total. The van der Waals surface area contributed by atoms with Gasteiger partial charge in [-0.05, 0) is 6.08 Å². The molecule has 0 aromatic rings. The summed E-state index contributed by atoms with van der Waals surface area (Å²) in [5, 5.41) is 18.0. The van der Waals surface area contributed by atoms with Crippen LogP contribution in [0.4, 0.5) is 0 Å². The van der Waals surface area contributed by atoms with Gasteiger partial charge in [0.05, 0.1) is 0 Å². The first-order valence-corrected chi connectivity index (χ1v) is 3.07. The molecule has 0 fully saturated rings. The van der Waals surface area contributed by atoms with Crippen molar-refractivity contribution >= 4 is 17.7 Å². The van der Waals surface area contributed by atoms with E-state index < -0.39 is 17.7 Å². The number of carboxylic acids is 2. The molecule has 0 unspecified atom stereocenters. The zero-order valence-corrected chi connectivity index (χ0v) is 6.39. The van der Waals surface area contributed by atoms with Crippen molar-refractivity contribution in [3.63, 3.8) is 0 Å². The predicted octanol–water partition coefficient (Wildman–Crippen LogP) is -2.21. The van der Waals surface area contributed by atoms with Crippen molar-refractivity contribution in [1.29, 1.82) is 0 Å². The first-order chi connectivity index (χ1) is 5.93. The number of carbonyl (C=O) groups is 3. The second-order valence-electron chi connectivity index (χ2n) is 1.97. The van der Waals surface area contributed by atoms with E-state index >= 15 is 0 Å². The van der Waals surface area contributed by atoms with E-state index in [2.05, 4.69) is 0 Å². The van der Waals surface area contributed by atoms with E-state index in [0.29, 0.717) is 12.2 Å². The van der Waals surface area contributed by atoms with Crippen molar-refractivity contribution in [2.45, 2.75) is 0 Å². The Morgan fingerprint density at radius 3 is 2.15 bits per heavy atom. The van der Waals surface area contributed by atoms with Crippen molar-refractivity contribution in [3.05, 3.63) is 23.9 Å². The minimum Gasteiger partial charge on any atom is -0.541 e. The highest BCUT2D eigenvalue weighted by Gasteiger charge is 1.97. The summed E-state index contributed by atoms with van der Waals surface area (Å²) in [7, 11) is 0.